The van der Waals surface area contributed by atoms with Crippen LogP contribution in [-0.4, -0.2) is 17.8 Å². The average molecular weight is 430 g/mol. The van der Waals surface area contributed by atoms with E-state index < -0.39 is 0 Å². The number of ether oxygens (including phenoxy) is 2. The molecule has 1 unspecified atom stereocenters. The monoisotopic (exact) mass is 429 g/mol. The summed E-state index contributed by atoms with van der Waals surface area (Å²) in [5, 5.41) is 11.1. The maximum Gasteiger partial charge on any atom is 0.269 e. The largest absolute Gasteiger partial charge is 0.465 e. The predicted molar refractivity (Wildman–Crippen MR) is 126 cm³/mol. The van der Waals surface area contributed by atoms with Crippen LogP contribution in [0.4, 0.5) is 5.69 Å². The molecular weight excluding hydrogens is 402 g/mol. The fourth-order valence-corrected chi connectivity index (χ4v) is 4.09. The van der Waals surface area contributed by atoms with E-state index in [4.69, 9.17) is 9.47 Å². The molecule has 0 radical (unpaired) electrons. The van der Waals surface area contributed by atoms with Crippen molar-refractivity contribution < 1.29 is 14.4 Å². The van der Waals surface area contributed by atoms with Crippen LogP contribution in [0, 0.1) is 10.1 Å². The van der Waals surface area contributed by atoms with Crippen LogP contribution in [0.1, 0.15) is 49.3 Å². The van der Waals surface area contributed by atoms with Gasteiger partial charge in [0.2, 0.25) is 0 Å². The van der Waals surface area contributed by atoms with Gasteiger partial charge in [-0.05, 0) is 71.4 Å². The van der Waals surface area contributed by atoms with Crippen molar-refractivity contribution in [3.05, 3.63) is 106 Å². The first-order valence-corrected chi connectivity index (χ1v) is 11.1. The summed E-state index contributed by atoms with van der Waals surface area (Å²) in [6.45, 7) is 2.87. The lowest BCUT2D eigenvalue weighted by atomic mass is 9.88. The van der Waals surface area contributed by atoms with Crippen LogP contribution in [0.15, 0.2) is 78.9 Å². The maximum atomic E-state index is 11.1. The van der Waals surface area contributed by atoms with Crippen LogP contribution in [0.3, 0.4) is 0 Å². The smallest absolute Gasteiger partial charge is 0.269 e. The van der Waals surface area contributed by atoms with Gasteiger partial charge in [-0.1, -0.05) is 49.4 Å². The predicted octanol–water partition coefficient (Wildman–Crippen LogP) is 6.87. The summed E-state index contributed by atoms with van der Waals surface area (Å²) in [6, 6.07) is 25.1. The second-order valence-electron chi connectivity index (χ2n) is 7.82. The third kappa shape index (κ3) is 5.06. The fraction of sp³-hybridized carbons (Fsp3) is 0.259. The molecule has 0 bridgehead atoms. The maximum absolute atomic E-state index is 11.1. The van der Waals surface area contributed by atoms with Crippen molar-refractivity contribution >= 4 is 16.8 Å². The summed E-state index contributed by atoms with van der Waals surface area (Å²) >= 11 is 0. The van der Waals surface area contributed by atoms with Gasteiger partial charge < -0.3 is 9.47 Å². The molecule has 0 aliphatic carbocycles. The molecule has 164 valence electrons. The molecule has 32 heavy (non-hydrogen) atoms. The third-order valence-corrected chi connectivity index (χ3v) is 5.69. The summed E-state index contributed by atoms with van der Waals surface area (Å²) in [7, 11) is 0. The molecule has 1 saturated heterocycles. The first-order valence-electron chi connectivity index (χ1n) is 11.1. The highest BCUT2D eigenvalue weighted by molar-refractivity contribution is 5.98. The van der Waals surface area contributed by atoms with E-state index >= 15 is 0 Å². The van der Waals surface area contributed by atoms with Gasteiger partial charge in [-0.15, -0.1) is 0 Å². The molecule has 0 aromatic heterocycles. The topological polar surface area (TPSA) is 61.6 Å². The van der Waals surface area contributed by atoms with Crippen LogP contribution < -0.4 is 4.74 Å². The lowest BCUT2D eigenvalue weighted by molar-refractivity contribution is -0.384. The molecular formula is C27H27NO4. The summed E-state index contributed by atoms with van der Waals surface area (Å²) in [5.41, 5.74) is 5.45. The first kappa shape index (κ1) is 21.8. The van der Waals surface area contributed by atoms with Gasteiger partial charge in [-0.25, -0.2) is 0 Å². The Bertz CT molecular complexity index is 1070. The molecule has 1 fully saturated rings. The van der Waals surface area contributed by atoms with Crippen LogP contribution in [0.25, 0.3) is 11.1 Å². The Balaban J connectivity index is 1.73. The van der Waals surface area contributed by atoms with Gasteiger partial charge in [-0.3, -0.25) is 10.1 Å². The van der Waals surface area contributed by atoms with E-state index in [2.05, 4.69) is 19.1 Å². The fourth-order valence-electron chi connectivity index (χ4n) is 4.09. The summed E-state index contributed by atoms with van der Waals surface area (Å²) in [6.07, 6.45) is 3.75. The van der Waals surface area contributed by atoms with E-state index in [0.29, 0.717) is 0 Å². The van der Waals surface area contributed by atoms with Gasteiger partial charge in [0.1, 0.15) is 5.75 Å². The Morgan fingerprint density at radius 2 is 1.59 bits per heavy atom. The zero-order valence-electron chi connectivity index (χ0n) is 18.2. The van der Waals surface area contributed by atoms with Crippen LogP contribution in [0.2, 0.25) is 0 Å². The number of nitro groups is 1. The highest BCUT2D eigenvalue weighted by Crippen LogP contribution is 2.35. The molecule has 5 heteroatoms. The van der Waals surface area contributed by atoms with Gasteiger partial charge in [0.15, 0.2) is 6.29 Å². The molecule has 3 aromatic rings. The highest BCUT2D eigenvalue weighted by Gasteiger charge is 2.17. The number of allylic oxidation sites excluding steroid dienone is 1. The van der Waals surface area contributed by atoms with E-state index in [-0.39, 0.29) is 16.9 Å². The number of benzene rings is 3. The second kappa shape index (κ2) is 10.2. The van der Waals surface area contributed by atoms with Crippen LogP contribution in [0.5, 0.6) is 5.75 Å². The molecule has 1 heterocycles. The van der Waals surface area contributed by atoms with Crippen LogP contribution in [-0.2, 0) is 4.74 Å². The van der Waals surface area contributed by atoms with Crippen molar-refractivity contribution in [2.45, 2.75) is 38.9 Å². The van der Waals surface area contributed by atoms with Gasteiger partial charge >= 0.3 is 0 Å². The lowest BCUT2D eigenvalue weighted by Gasteiger charge is -2.23. The third-order valence-electron chi connectivity index (χ3n) is 5.69. The van der Waals surface area contributed by atoms with Gasteiger partial charge in [0.05, 0.1) is 11.5 Å². The highest BCUT2D eigenvalue weighted by atomic mass is 16.7. The number of nitrogens with zero attached hydrogens (tertiary/aromatic N) is 1. The summed E-state index contributed by atoms with van der Waals surface area (Å²) in [4.78, 5) is 10.8. The number of hydrogen-bond acceptors (Lipinski definition) is 4. The zero-order valence-corrected chi connectivity index (χ0v) is 18.2. The SMILES string of the molecule is CC/C(=C(/c1ccc(OC2CCCCO2)cc1)c1ccc([N+](=O)[O-])cc1)c1ccccc1. The van der Waals surface area contributed by atoms with E-state index in [9.17, 15) is 10.1 Å². The van der Waals surface area contributed by atoms with E-state index in [1.807, 2.05) is 54.6 Å². The van der Waals surface area contributed by atoms with E-state index in [0.717, 1.165) is 60.3 Å². The molecule has 0 N–H and O–H groups in total. The summed E-state index contributed by atoms with van der Waals surface area (Å²) < 4.78 is 11.7. The molecule has 1 atom stereocenters. The van der Waals surface area contributed by atoms with Gasteiger partial charge in [-0.2, -0.15) is 0 Å². The number of non-ortho nitro benzene ring substituents is 1. The molecule has 3 aromatic carbocycles. The van der Waals surface area contributed by atoms with E-state index in [1.165, 1.54) is 5.57 Å². The number of rotatable bonds is 7. The van der Waals surface area contributed by atoms with Crippen molar-refractivity contribution in [2.24, 2.45) is 0 Å². The molecule has 5 nitrogen and oxygen atoms in total. The zero-order chi connectivity index (χ0) is 22.3. The Kier molecular flexibility index (Phi) is 6.97. The minimum absolute atomic E-state index is 0.0853. The quantitative estimate of drug-likeness (QED) is 0.234. The lowest BCUT2D eigenvalue weighted by Crippen LogP contribution is -2.24. The second-order valence-corrected chi connectivity index (χ2v) is 7.82. The van der Waals surface area contributed by atoms with Crippen LogP contribution >= 0.6 is 0 Å². The molecule has 4 rings (SSSR count). The number of hydrogen-bond donors (Lipinski definition) is 0. The van der Waals surface area contributed by atoms with Gasteiger partial charge in [0, 0.05) is 18.6 Å². The number of nitro benzene ring substituents is 1. The molecule has 0 amide bonds. The molecule has 0 spiro atoms. The standard InChI is InChI=1S/C27H27NO4/c1-2-25(20-8-4-3-5-9-20)27(21-11-15-23(16-12-21)28(29)30)22-13-17-24(18-14-22)32-26-10-6-7-19-31-26/h3-5,8-9,11-18,26H,2,6-7,10,19H2,1H3/b27-25-. The van der Waals surface area contributed by atoms with Crippen molar-refractivity contribution in [3.8, 4) is 5.75 Å². The first-order chi connectivity index (χ1) is 15.7. The van der Waals surface area contributed by atoms with Crippen molar-refractivity contribution in [1.29, 1.82) is 0 Å². The minimum Gasteiger partial charge on any atom is -0.465 e. The van der Waals surface area contributed by atoms with Crippen molar-refractivity contribution in [3.63, 3.8) is 0 Å². The van der Waals surface area contributed by atoms with Gasteiger partial charge in [0.25, 0.3) is 5.69 Å². The Morgan fingerprint density at radius 3 is 2.16 bits per heavy atom. The average Bonchev–Trinajstić information content (AvgIpc) is 2.84. The normalized spacial score (nSPS) is 16.8. The molecule has 1 aliphatic rings. The van der Waals surface area contributed by atoms with Crippen molar-refractivity contribution in [2.75, 3.05) is 6.61 Å². The Labute approximate surface area is 188 Å². The Hall–Kier alpha value is -3.44. The van der Waals surface area contributed by atoms with E-state index in [1.54, 1.807) is 12.1 Å². The summed E-state index contributed by atoms with van der Waals surface area (Å²) in [5.74, 6) is 0.779. The molecule has 1 aliphatic heterocycles. The van der Waals surface area contributed by atoms with Crippen molar-refractivity contribution in [1.82, 2.24) is 0 Å². The Morgan fingerprint density at radius 1 is 0.938 bits per heavy atom. The minimum atomic E-state index is -0.370. The molecule has 0 saturated carbocycles.